The summed E-state index contributed by atoms with van der Waals surface area (Å²) in [6.45, 7) is 10.5. The van der Waals surface area contributed by atoms with Crippen molar-refractivity contribution in [3.05, 3.63) is 57.3 Å². The highest BCUT2D eigenvalue weighted by molar-refractivity contribution is 7.13. The van der Waals surface area contributed by atoms with Gasteiger partial charge in [0.15, 0.2) is 0 Å². The number of carbonyl (C=O) groups excluding carboxylic acids is 2. The van der Waals surface area contributed by atoms with Gasteiger partial charge in [0.1, 0.15) is 4.88 Å². The Balaban J connectivity index is 1.01. The fourth-order valence-corrected chi connectivity index (χ4v) is 13.4. The molecule has 1 heterocycles. The minimum Gasteiger partial charge on any atom is -0.477 e. The first-order valence-corrected chi connectivity index (χ1v) is 19.3. The molecule has 2 amide bonds. The molecule has 2 aromatic rings. The van der Waals surface area contributed by atoms with Crippen molar-refractivity contribution in [3.8, 4) is 0 Å². The highest BCUT2D eigenvalue weighted by Gasteiger charge is 2.67. The van der Waals surface area contributed by atoms with Gasteiger partial charge in [0.05, 0.1) is 18.1 Å². The number of carboxylic acids is 1. The number of aliphatic hydroxyl groups is 1. The maximum absolute atomic E-state index is 14.2. The maximum atomic E-state index is 14.2. The summed E-state index contributed by atoms with van der Waals surface area (Å²) in [5.74, 6) is 2.01. The van der Waals surface area contributed by atoms with Crippen molar-refractivity contribution in [1.82, 2.24) is 10.6 Å². The lowest BCUT2D eigenvalue weighted by Crippen LogP contribution is -2.63. The van der Waals surface area contributed by atoms with E-state index in [9.17, 15) is 19.5 Å². The Kier molecular flexibility index (Phi) is 8.62. The van der Waals surface area contributed by atoms with E-state index in [0.717, 1.165) is 66.7 Å². The van der Waals surface area contributed by atoms with Gasteiger partial charge in [-0.3, -0.25) is 9.59 Å². The van der Waals surface area contributed by atoms with Gasteiger partial charge in [0.25, 0.3) is 5.91 Å². The van der Waals surface area contributed by atoms with E-state index >= 15 is 0 Å². The van der Waals surface area contributed by atoms with Crippen LogP contribution in [-0.4, -0.2) is 34.1 Å². The molecule has 4 N–H and O–H groups in total. The number of aromatic carboxylic acids is 1. The van der Waals surface area contributed by atoms with Crippen LogP contribution in [0.2, 0.25) is 0 Å². The zero-order valence-corrected chi connectivity index (χ0v) is 30.0. The van der Waals surface area contributed by atoms with E-state index in [4.69, 9.17) is 5.11 Å². The van der Waals surface area contributed by atoms with Crippen LogP contribution in [0.25, 0.3) is 0 Å². The highest BCUT2D eigenvalue weighted by atomic mass is 32.1. The fourth-order valence-electron chi connectivity index (χ4n) is 12.6. The topological polar surface area (TPSA) is 116 Å². The average Bonchev–Trinajstić information content (AvgIpc) is 3.73. The van der Waals surface area contributed by atoms with Crippen LogP contribution in [0, 0.1) is 51.2 Å². The Labute approximate surface area is 289 Å². The molecular weight excluding hydrogens is 621 g/mol. The summed E-state index contributed by atoms with van der Waals surface area (Å²) in [6.07, 6.45) is 12.2. The smallest absolute Gasteiger partial charge is 0.345 e. The zero-order valence-electron chi connectivity index (χ0n) is 29.1. The molecule has 1 aromatic carbocycles. The molecular formula is C40H54N2O5S. The Hall–Kier alpha value is -2.71. The Bertz CT molecular complexity index is 1580. The van der Waals surface area contributed by atoms with Crippen LogP contribution in [0.1, 0.15) is 129 Å². The largest absolute Gasteiger partial charge is 0.477 e. The summed E-state index contributed by atoms with van der Waals surface area (Å²) >= 11 is 1.16. The summed E-state index contributed by atoms with van der Waals surface area (Å²) in [5, 5.41) is 26.4. The molecule has 0 saturated heterocycles. The van der Waals surface area contributed by atoms with E-state index in [-0.39, 0.29) is 45.6 Å². The summed E-state index contributed by atoms with van der Waals surface area (Å²) in [5.41, 5.74) is 1.70. The van der Waals surface area contributed by atoms with Gasteiger partial charge < -0.3 is 20.8 Å². The zero-order chi connectivity index (χ0) is 34.1. The summed E-state index contributed by atoms with van der Waals surface area (Å²) in [4.78, 5) is 39.4. The van der Waals surface area contributed by atoms with Crippen molar-refractivity contribution in [1.29, 1.82) is 0 Å². The summed E-state index contributed by atoms with van der Waals surface area (Å²) in [7, 11) is 0. The third-order valence-electron chi connectivity index (χ3n) is 14.9. The minimum atomic E-state index is -0.965. The van der Waals surface area contributed by atoms with E-state index < -0.39 is 5.97 Å². The van der Waals surface area contributed by atoms with Crippen molar-refractivity contribution in [2.75, 3.05) is 0 Å². The SMILES string of the molecule is CC1(C)C(O)CCC2(C)C1CCC1(C)C3CCC4(C(=O)NCc5cccc(C(=O)NCc6ccc(C(=O)O)s6)c5)CCCC4C3CCC12. The number of hydrogen-bond donors (Lipinski definition) is 4. The number of nitrogens with one attached hydrogen (secondary N) is 2. The first-order chi connectivity index (χ1) is 22.8. The van der Waals surface area contributed by atoms with E-state index in [1.807, 2.05) is 18.2 Å². The van der Waals surface area contributed by atoms with Crippen molar-refractivity contribution in [2.24, 2.45) is 51.2 Å². The van der Waals surface area contributed by atoms with Crippen molar-refractivity contribution >= 4 is 29.1 Å². The molecule has 260 valence electrons. The number of carbonyl (C=O) groups is 3. The summed E-state index contributed by atoms with van der Waals surface area (Å²) in [6, 6.07) is 10.7. The molecule has 48 heavy (non-hydrogen) atoms. The molecule has 0 aliphatic heterocycles. The first-order valence-electron chi connectivity index (χ1n) is 18.4. The van der Waals surface area contributed by atoms with Crippen LogP contribution < -0.4 is 10.6 Å². The number of hydrogen-bond acceptors (Lipinski definition) is 5. The Morgan fingerprint density at radius 3 is 2.38 bits per heavy atom. The van der Waals surface area contributed by atoms with Crippen LogP contribution in [0.5, 0.6) is 0 Å². The van der Waals surface area contributed by atoms with E-state index in [0.29, 0.717) is 47.1 Å². The second-order valence-corrected chi connectivity index (χ2v) is 18.4. The molecule has 5 fully saturated rings. The fraction of sp³-hybridized carbons (Fsp3) is 0.675. The van der Waals surface area contributed by atoms with Gasteiger partial charge in [0, 0.05) is 17.0 Å². The van der Waals surface area contributed by atoms with Crippen LogP contribution in [0.4, 0.5) is 0 Å². The molecule has 5 aliphatic rings. The van der Waals surface area contributed by atoms with Crippen LogP contribution in [0.3, 0.4) is 0 Å². The van der Waals surface area contributed by atoms with Gasteiger partial charge in [-0.1, -0.05) is 46.2 Å². The molecule has 7 rings (SSSR count). The van der Waals surface area contributed by atoms with Crippen molar-refractivity contribution in [3.63, 3.8) is 0 Å². The molecule has 5 aliphatic carbocycles. The lowest BCUT2D eigenvalue weighted by molar-refractivity contribution is -0.214. The van der Waals surface area contributed by atoms with Crippen LogP contribution in [-0.2, 0) is 17.9 Å². The normalized spacial score (nSPS) is 38.1. The molecule has 5 saturated carbocycles. The standard InChI is InChI=1S/C40H54N2O5S/c1-37(2)31-15-18-38(3)28-14-20-40(17-6-9-29(40)27(28)11-13-32(38)39(31,4)19-16-33(37)43)36(47)42-22-24-7-5-8-25(21-24)34(44)41-23-26-10-12-30(48-26)35(45)46/h5,7-8,10,12,21,27-29,31-33,43H,6,9,11,13-20,22-23H2,1-4H3,(H,41,44)(H,42,47)(H,45,46). The average molecular weight is 675 g/mol. The monoisotopic (exact) mass is 674 g/mol. The number of aliphatic hydroxyl groups excluding tert-OH is 1. The Morgan fingerprint density at radius 1 is 0.812 bits per heavy atom. The van der Waals surface area contributed by atoms with Gasteiger partial charge >= 0.3 is 5.97 Å². The quantitative estimate of drug-likeness (QED) is 0.239. The van der Waals surface area contributed by atoms with Crippen LogP contribution in [0.15, 0.2) is 36.4 Å². The number of fused-ring (bicyclic) bond motifs is 7. The second kappa shape index (κ2) is 12.3. The van der Waals surface area contributed by atoms with E-state index in [1.165, 1.54) is 25.7 Å². The van der Waals surface area contributed by atoms with Crippen molar-refractivity contribution in [2.45, 2.75) is 118 Å². The molecule has 8 heteroatoms. The number of thiophene rings is 1. The van der Waals surface area contributed by atoms with Gasteiger partial charge in [-0.05, 0) is 140 Å². The number of benzene rings is 1. The molecule has 9 unspecified atom stereocenters. The second-order valence-electron chi connectivity index (χ2n) is 17.2. The number of carboxylic acid groups (broad SMARTS) is 1. The van der Waals surface area contributed by atoms with Crippen molar-refractivity contribution < 1.29 is 24.6 Å². The number of amides is 2. The highest BCUT2D eigenvalue weighted by Crippen LogP contribution is 2.73. The molecule has 1 aromatic heterocycles. The summed E-state index contributed by atoms with van der Waals surface area (Å²) < 4.78 is 0. The predicted molar refractivity (Wildman–Crippen MR) is 187 cm³/mol. The van der Waals surface area contributed by atoms with Gasteiger partial charge in [0.2, 0.25) is 5.91 Å². The maximum Gasteiger partial charge on any atom is 0.345 e. The molecule has 0 radical (unpaired) electrons. The third-order valence-corrected chi connectivity index (χ3v) is 16.0. The van der Waals surface area contributed by atoms with Gasteiger partial charge in [-0.25, -0.2) is 4.79 Å². The van der Waals surface area contributed by atoms with Gasteiger partial charge in [-0.2, -0.15) is 0 Å². The lowest BCUT2D eigenvalue weighted by Gasteiger charge is -2.69. The predicted octanol–water partition coefficient (Wildman–Crippen LogP) is 7.82. The molecule has 0 spiro atoms. The molecule has 0 bridgehead atoms. The van der Waals surface area contributed by atoms with Crippen LogP contribution >= 0.6 is 11.3 Å². The van der Waals surface area contributed by atoms with Gasteiger partial charge in [-0.15, -0.1) is 11.3 Å². The minimum absolute atomic E-state index is 0.0300. The van der Waals surface area contributed by atoms with E-state index in [2.05, 4.69) is 38.3 Å². The third kappa shape index (κ3) is 5.35. The first kappa shape index (κ1) is 33.8. The lowest BCUT2D eigenvalue weighted by atomic mass is 9.36. The number of rotatable bonds is 7. The van der Waals surface area contributed by atoms with E-state index in [1.54, 1.807) is 18.2 Å². The Morgan fingerprint density at radius 2 is 1.60 bits per heavy atom. The molecule has 9 atom stereocenters. The molecule has 7 nitrogen and oxygen atoms in total.